The normalized spacial score (nSPS) is 11.2. The minimum absolute atomic E-state index is 0.0409. The predicted molar refractivity (Wildman–Crippen MR) is 67.2 cm³/mol. The molecule has 0 aliphatic rings. The molecule has 0 aliphatic heterocycles. The molecule has 3 heterocycles. The molecule has 0 saturated heterocycles. The summed E-state index contributed by atoms with van der Waals surface area (Å²) < 4.78 is 31.4. The summed E-state index contributed by atoms with van der Waals surface area (Å²) >= 11 is 0. The van der Waals surface area contributed by atoms with Crippen LogP contribution in [0.2, 0.25) is 0 Å². The third-order valence-corrected chi connectivity index (χ3v) is 2.77. The number of aromatic nitrogens is 6. The number of halogens is 2. The number of nitrogens with zero attached hydrogens (tertiary/aromatic N) is 6. The Kier molecular flexibility index (Phi) is 3.38. The summed E-state index contributed by atoms with van der Waals surface area (Å²) in [5.41, 5.74) is 1.14. The molecule has 0 aromatic carbocycles. The minimum Gasteiger partial charge on any atom is -0.415 e. The molecular formula is C12H10F2N6O. The molecule has 0 bridgehead atoms. The molecule has 3 aromatic heterocycles. The standard InChI is InChI=1S/C12H10F2N6O/c1-2-20-8(3-4-17-20)10-15-5-7(6-16-10)11-18-19-12(21-11)9(13)14/h3-6,9H,2H2,1H3. The molecule has 0 unspecified atom stereocenters. The summed E-state index contributed by atoms with van der Waals surface area (Å²) in [5.74, 6) is -0.286. The molecule has 0 amide bonds. The molecule has 3 rings (SSSR count). The van der Waals surface area contributed by atoms with Crippen LogP contribution in [0, 0.1) is 0 Å². The third-order valence-electron chi connectivity index (χ3n) is 2.77. The highest BCUT2D eigenvalue weighted by Gasteiger charge is 2.17. The molecule has 0 spiro atoms. The second-order valence-electron chi connectivity index (χ2n) is 4.07. The van der Waals surface area contributed by atoms with Gasteiger partial charge in [-0.25, -0.2) is 9.97 Å². The lowest BCUT2D eigenvalue weighted by Gasteiger charge is -2.03. The van der Waals surface area contributed by atoms with Crippen LogP contribution in [-0.2, 0) is 6.54 Å². The lowest BCUT2D eigenvalue weighted by molar-refractivity contribution is 0.116. The highest BCUT2D eigenvalue weighted by Crippen LogP contribution is 2.23. The van der Waals surface area contributed by atoms with E-state index in [2.05, 4.69) is 25.3 Å². The molecule has 7 nitrogen and oxygen atoms in total. The average molecular weight is 292 g/mol. The molecule has 0 atom stereocenters. The molecule has 9 heteroatoms. The van der Waals surface area contributed by atoms with E-state index in [1.165, 1.54) is 12.4 Å². The molecule has 3 aromatic rings. The smallest absolute Gasteiger partial charge is 0.314 e. The first kappa shape index (κ1) is 13.3. The van der Waals surface area contributed by atoms with Crippen LogP contribution in [0.3, 0.4) is 0 Å². The van der Waals surface area contributed by atoms with Gasteiger partial charge in [0.2, 0.25) is 0 Å². The van der Waals surface area contributed by atoms with Crippen molar-refractivity contribution in [2.45, 2.75) is 19.9 Å². The van der Waals surface area contributed by atoms with E-state index in [0.717, 1.165) is 5.69 Å². The van der Waals surface area contributed by atoms with Crippen LogP contribution in [0.15, 0.2) is 29.1 Å². The lowest BCUT2D eigenvalue weighted by Crippen LogP contribution is -2.01. The van der Waals surface area contributed by atoms with E-state index in [-0.39, 0.29) is 5.89 Å². The van der Waals surface area contributed by atoms with Crippen LogP contribution in [0.25, 0.3) is 23.0 Å². The summed E-state index contributed by atoms with van der Waals surface area (Å²) in [7, 11) is 0. The van der Waals surface area contributed by atoms with Gasteiger partial charge >= 0.3 is 6.43 Å². The Balaban J connectivity index is 1.90. The van der Waals surface area contributed by atoms with Gasteiger partial charge < -0.3 is 4.42 Å². The molecule has 0 saturated carbocycles. The summed E-state index contributed by atoms with van der Waals surface area (Å²) in [4.78, 5) is 8.35. The van der Waals surface area contributed by atoms with Crippen molar-refractivity contribution in [1.29, 1.82) is 0 Å². The van der Waals surface area contributed by atoms with Gasteiger partial charge in [-0.05, 0) is 13.0 Å². The SMILES string of the molecule is CCn1nccc1-c1ncc(-c2nnc(C(F)F)o2)cn1. The predicted octanol–water partition coefficient (Wildman–Crippen LogP) is 2.35. The Bertz CT molecular complexity index is 736. The van der Waals surface area contributed by atoms with Gasteiger partial charge in [-0.3, -0.25) is 4.68 Å². The molecular weight excluding hydrogens is 282 g/mol. The summed E-state index contributed by atoms with van der Waals surface area (Å²) in [6.45, 7) is 2.64. The topological polar surface area (TPSA) is 82.5 Å². The Morgan fingerprint density at radius 2 is 2.00 bits per heavy atom. The van der Waals surface area contributed by atoms with Crippen LogP contribution >= 0.6 is 0 Å². The van der Waals surface area contributed by atoms with Crippen molar-refractivity contribution >= 4 is 0 Å². The molecule has 0 radical (unpaired) electrons. The highest BCUT2D eigenvalue weighted by atomic mass is 19.3. The third kappa shape index (κ3) is 2.49. The summed E-state index contributed by atoms with van der Waals surface area (Å²) in [6, 6.07) is 1.79. The van der Waals surface area contributed by atoms with Gasteiger partial charge in [-0.15, -0.1) is 10.2 Å². The fraction of sp³-hybridized carbons (Fsp3) is 0.250. The number of aryl methyl sites for hydroxylation is 1. The summed E-state index contributed by atoms with van der Waals surface area (Å²) in [6.07, 6.45) is 1.74. The number of hydrogen-bond donors (Lipinski definition) is 0. The first-order valence-electron chi connectivity index (χ1n) is 6.15. The lowest BCUT2D eigenvalue weighted by atomic mass is 10.3. The zero-order chi connectivity index (χ0) is 14.8. The van der Waals surface area contributed by atoms with Crippen molar-refractivity contribution in [2.75, 3.05) is 0 Å². The van der Waals surface area contributed by atoms with Gasteiger partial charge in [0.05, 0.1) is 5.56 Å². The average Bonchev–Trinajstić information content (AvgIpc) is 3.16. The zero-order valence-corrected chi connectivity index (χ0v) is 10.9. The second-order valence-corrected chi connectivity index (χ2v) is 4.07. The Hall–Kier alpha value is -2.71. The maximum atomic E-state index is 12.4. The monoisotopic (exact) mass is 292 g/mol. The van der Waals surface area contributed by atoms with Crippen molar-refractivity contribution in [3.05, 3.63) is 30.5 Å². The van der Waals surface area contributed by atoms with Crippen molar-refractivity contribution in [3.8, 4) is 23.0 Å². The van der Waals surface area contributed by atoms with Crippen molar-refractivity contribution in [1.82, 2.24) is 29.9 Å². The van der Waals surface area contributed by atoms with Gasteiger partial charge in [0.25, 0.3) is 11.8 Å². The second kappa shape index (κ2) is 5.35. The van der Waals surface area contributed by atoms with E-state index in [9.17, 15) is 8.78 Å². The Morgan fingerprint density at radius 1 is 1.24 bits per heavy atom. The Morgan fingerprint density at radius 3 is 2.62 bits per heavy atom. The number of rotatable bonds is 4. The van der Waals surface area contributed by atoms with Crippen LogP contribution in [0.5, 0.6) is 0 Å². The van der Waals surface area contributed by atoms with Crippen LogP contribution in [-0.4, -0.2) is 29.9 Å². The van der Waals surface area contributed by atoms with Gasteiger partial charge in [0.15, 0.2) is 5.82 Å². The Labute approximate surface area is 117 Å². The van der Waals surface area contributed by atoms with Gasteiger partial charge in [-0.1, -0.05) is 0 Å². The summed E-state index contributed by atoms with van der Waals surface area (Å²) in [5, 5.41) is 10.9. The van der Waals surface area contributed by atoms with E-state index in [0.29, 0.717) is 17.9 Å². The van der Waals surface area contributed by atoms with Gasteiger partial charge in [0, 0.05) is 25.1 Å². The van der Waals surface area contributed by atoms with Gasteiger partial charge in [0.1, 0.15) is 5.69 Å². The quantitative estimate of drug-likeness (QED) is 0.734. The van der Waals surface area contributed by atoms with Crippen LogP contribution in [0.1, 0.15) is 19.2 Å². The van der Waals surface area contributed by atoms with Gasteiger partial charge in [-0.2, -0.15) is 13.9 Å². The minimum atomic E-state index is -2.80. The molecule has 108 valence electrons. The van der Waals surface area contributed by atoms with Crippen molar-refractivity contribution < 1.29 is 13.2 Å². The fourth-order valence-electron chi connectivity index (χ4n) is 1.78. The van der Waals surface area contributed by atoms with Crippen LogP contribution < -0.4 is 0 Å². The van der Waals surface area contributed by atoms with E-state index < -0.39 is 12.3 Å². The fourth-order valence-corrected chi connectivity index (χ4v) is 1.78. The molecule has 0 aliphatic carbocycles. The maximum absolute atomic E-state index is 12.4. The molecule has 21 heavy (non-hydrogen) atoms. The molecule has 0 N–H and O–H groups in total. The molecule has 0 fully saturated rings. The van der Waals surface area contributed by atoms with E-state index in [4.69, 9.17) is 4.42 Å². The van der Waals surface area contributed by atoms with E-state index in [1.54, 1.807) is 16.9 Å². The first-order valence-corrected chi connectivity index (χ1v) is 6.15. The van der Waals surface area contributed by atoms with Crippen molar-refractivity contribution in [2.24, 2.45) is 0 Å². The number of alkyl halides is 2. The number of hydrogen-bond acceptors (Lipinski definition) is 6. The highest BCUT2D eigenvalue weighted by molar-refractivity contribution is 5.54. The largest absolute Gasteiger partial charge is 0.415 e. The van der Waals surface area contributed by atoms with Crippen molar-refractivity contribution in [3.63, 3.8) is 0 Å². The van der Waals surface area contributed by atoms with E-state index in [1.807, 2.05) is 6.92 Å². The van der Waals surface area contributed by atoms with Crippen LogP contribution in [0.4, 0.5) is 8.78 Å². The zero-order valence-electron chi connectivity index (χ0n) is 10.9. The first-order chi connectivity index (χ1) is 10.2. The van der Waals surface area contributed by atoms with E-state index >= 15 is 0 Å². The maximum Gasteiger partial charge on any atom is 0.314 e.